The molecule has 0 bridgehead atoms. The lowest BCUT2D eigenvalue weighted by Crippen LogP contribution is -2.51. The molecule has 1 heterocycles. The van der Waals surface area contributed by atoms with Crippen LogP contribution in [0.15, 0.2) is 103 Å². The van der Waals surface area contributed by atoms with Crippen molar-refractivity contribution in [1.29, 1.82) is 0 Å². The minimum atomic E-state index is -0.284. The molecular weight excluding hydrogens is 458 g/mol. The molecule has 0 aromatic heterocycles. The van der Waals surface area contributed by atoms with Gasteiger partial charge in [-0.2, -0.15) is 0 Å². The Morgan fingerprint density at radius 2 is 1.22 bits per heavy atom. The molecule has 194 valence electrons. The second-order valence-corrected chi connectivity index (χ2v) is 9.75. The maximum Gasteiger partial charge on any atom is 0.226 e. The van der Waals surface area contributed by atoms with Gasteiger partial charge in [-0.25, -0.2) is 0 Å². The topological polar surface area (TPSA) is 47.6 Å². The number of nitrogens with one attached hydrogen (secondary N) is 1. The van der Waals surface area contributed by atoms with Gasteiger partial charge in [0.2, 0.25) is 5.91 Å². The molecule has 4 heteroatoms. The van der Waals surface area contributed by atoms with Gasteiger partial charge in [0.1, 0.15) is 0 Å². The molecule has 1 amide bonds. The molecule has 0 saturated heterocycles. The van der Waals surface area contributed by atoms with Gasteiger partial charge in [0.05, 0.1) is 37.4 Å². The van der Waals surface area contributed by atoms with E-state index in [1.54, 1.807) is 0 Å². The summed E-state index contributed by atoms with van der Waals surface area (Å²) in [6.45, 7) is 3.06. The van der Waals surface area contributed by atoms with E-state index in [9.17, 15) is 4.79 Å². The molecular formula is C33H39NO3. The number of amides is 1. The minimum Gasteiger partial charge on any atom is -0.373 e. The van der Waals surface area contributed by atoms with Crippen LogP contribution in [0.25, 0.3) is 0 Å². The Labute approximate surface area is 221 Å². The number of aryl methyl sites for hydroxylation is 1. The number of ether oxygens (including phenoxy) is 2. The molecule has 3 aromatic rings. The highest BCUT2D eigenvalue weighted by Crippen LogP contribution is 2.22. The van der Waals surface area contributed by atoms with Crippen molar-refractivity contribution in [3.8, 4) is 0 Å². The number of carbonyl (C=O) groups excluding carboxylic acids is 1. The second-order valence-electron chi connectivity index (χ2n) is 9.75. The summed E-state index contributed by atoms with van der Waals surface area (Å²) >= 11 is 0. The average molecular weight is 498 g/mol. The molecule has 1 aliphatic heterocycles. The molecule has 0 unspecified atom stereocenters. The van der Waals surface area contributed by atoms with Crippen molar-refractivity contribution in [3.63, 3.8) is 0 Å². The van der Waals surface area contributed by atoms with E-state index < -0.39 is 0 Å². The SMILES string of the molecule is CC[C@H]1OC/C=C\CO[C@H](CCc2ccccc2)[C@H](Cc2ccccc2)NC(=O)[C@H]1Cc1ccccc1. The molecule has 3 aromatic carbocycles. The Bertz CT molecular complexity index is 1080. The third-order valence-electron chi connectivity index (χ3n) is 7.10. The number of benzene rings is 3. The van der Waals surface area contributed by atoms with Gasteiger partial charge in [-0.15, -0.1) is 0 Å². The van der Waals surface area contributed by atoms with Gasteiger partial charge in [0, 0.05) is 0 Å². The van der Waals surface area contributed by atoms with Gasteiger partial charge in [-0.3, -0.25) is 4.79 Å². The summed E-state index contributed by atoms with van der Waals surface area (Å²) in [6.07, 6.45) is 7.62. The van der Waals surface area contributed by atoms with Crippen LogP contribution in [-0.4, -0.2) is 37.4 Å². The van der Waals surface area contributed by atoms with Crippen LogP contribution in [0.1, 0.15) is 36.5 Å². The number of rotatable bonds is 8. The third-order valence-corrected chi connectivity index (χ3v) is 7.10. The van der Waals surface area contributed by atoms with Gasteiger partial charge < -0.3 is 14.8 Å². The van der Waals surface area contributed by atoms with Crippen LogP contribution in [0, 0.1) is 5.92 Å². The van der Waals surface area contributed by atoms with Crippen molar-refractivity contribution in [2.75, 3.05) is 13.2 Å². The normalized spacial score (nSPS) is 23.9. The van der Waals surface area contributed by atoms with E-state index in [0.29, 0.717) is 26.1 Å². The maximum atomic E-state index is 14.0. The van der Waals surface area contributed by atoms with Crippen molar-refractivity contribution in [1.82, 2.24) is 5.32 Å². The van der Waals surface area contributed by atoms with E-state index in [1.165, 1.54) is 11.1 Å². The third kappa shape index (κ3) is 8.41. The monoisotopic (exact) mass is 497 g/mol. The van der Waals surface area contributed by atoms with Crippen LogP contribution in [0.5, 0.6) is 0 Å². The van der Waals surface area contributed by atoms with E-state index in [-0.39, 0.29) is 30.1 Å². The van der Waals surface area contributed by atoms with Crippen molar-refractivity contribution in [3.05, 3.63) is 120 Å². The molecule has 4 atom stereocenters. The van der Waals surface area contributed by atoms with Crippen molar-refractivity contribution in [2.45, 2.75) is 57.3 Å². The second kappa shape index (κ2) is 14.5. The predicted octanol–water partition coefficient (Wildman–Crippen LogP) is 5.96. The first kappa shape index (κ1) is 26.8. The molecule has 4 rings (SSSR count). The van der Waals surface area contributed by atoms with E-state index in [1.807, 2.05) is 54.6 Å². The number of carbonyl (C=O) groups is 1. The Hall–Kier alpha value is -3.21. The minimum absolute atomic E-state index is 0.0366. The summed E-state index contributed by atoms with van der Waals surface area (Å²) < 4.78 is 12.6. The van der Waals surface area contributed by atoms with Crippen LogP contribution in [0.2, 0.25) is 0 Å². The van der Waals surface area contributed by atoms with Gasteiger partial charge in [-0.1, -0.05) is 110 Å². The summed E-state index contributed by atoms with van der Waals surface area (Å²) in [7, 11) is 0. The van der Waals surface area contributed by atoms with Crippen molar-refractivity contribution >= 4 is 5.91 Å². The average Bonchev–Trinajstić information content (AvgIpc) is 2.94. The zero-order chi connectivity index (χ0) is 25.7. The highest BCUT2D eigenvalue weighted by atomic mass is 16.5. The van der Waals surface area contributed by atoms with Crippen LogP contribution in [0.3, 0.4) is 0 Å². The Kier molecular flexibility index (Phi) is 10.5. The predicted molar refractivity (Wildman–Crippen MR) is 149 cm³/mol. The maximum absolute atomic E-state index is 14.0. The molecule has 4 nitrogen and oxygen atoms in total. The molecule has 1 N–H and O–H groups in total. The molecule has 0 fully saturated rings. The van der Waals surface area contributed by atoms with Crippen LogP contribution in [-0.2, 0) is 33.5 Å². The zero-order valence-corrected chi connectivity index (χ0v) is 21.8. The van der Waals surface area contributed by atoms with Gasteiger partial charge in [-0.05, 0) is 48.8 Å². The van der Waals surface area contributed by atoms with E-state index in [2.05, 4.69) is 60.8 Å². The molecule has 0 aliphatic carbocycles. The molecule has 1 aliphatic rings. The lowest BCUT2D eigenvalue weighted by atomic mass is 9.90. The number of hydrogen-bond donors (Lipinski definition) is 1. The standard InChI is InChI=1S/C33H39NO3/c1-2-31-29(24-27-16-8-4-9-17-27)33(35)34-30(25-28-18-10-5-11-19-28)32(37-23-13-12-22-36-31)21-20-26-14-6-3-7-15-26/h3-19,29-32H,2,20-25H2,1H3,(H,34,35)/b13-12-/t29-,30-,31+,32+/m0/s1. The fourth-order valence-electron chi connectivity index (χ4n) is 5.06. The molecule has 0 radical (unpaired) electrons. The largest absolute Gasteiger partial charge is 0.373 e. The van der Waals surface area contributed by atoms with E-state index in [4.69, 9.17) is 9.47 Å². The first-order chi connectivity index (χ1) is 18.2. The first-order valence-corrected chi connectivity index (χ1v) is 13.5. The highest BCUT2D eigenvalue weighted by molar-refractivity contribution is 5.80. The van der Waals surface area contributed by atoms with Crippen LogP contribution >= 0.6 is 0 Å². The quantitative estimate of drug-likeness (QED) is 0.391. The Morgan fingerprint density at radius 1 is 0.703 bits per heavy atom. The summed E-state index contributed by atoms with van der Waals surface area (Å²) in [6, 6.07) is 30.9. The highest BCUT2D eigenvalue weighted by Gasteiger charge is 2.32. The molecule has 37 heavy (non-hydrogen) atoms. The zero-order valence-electron chi connectivity index (χ0n) is 21.8. The smallest absolute Gasteiger partial charge is 0.226 e. The summed E-state index contributed by atoms with van der Waals surface area (Å²) in [5.41, 5.74) is 3.61. The Balaban J connectivity index is 1.61. The van der Waals surface area contributed by atoms with E-state index in [0.717, 1.165) is 24.8 Å². The summed E-state index contributed by atoms with van der Waals surface area (Å²) in [5, 5.41) is 3.44. The van der Waals surface area contributed by atoms with E-state index >= 15 is 0 Å². The number of hydrogen-bond acceptors (Lipinski definition) is 3. The van der Waals surface area contributed by atoms with Crippen LogP contribution in [0.4, 0.5) is 0 Å². The summed E-state index contributed by atoms with van der Waals surface area (Å²) in [5.74, 6) is -0.247. The fourth-order valence-corrected chi connectivity index (χ4v) is 5.06. The van der Waals surface area contributed by atoms with Crippen LogP contribution < -0.4 is 5.32 Å². The van der Waals surface area contributed by atoms with Crippen molar-refractivity contribution in [2.24, 2.45) is 5.92 Å². The van der Waals surface area contributed by atoms with Gasteiger partial charge >= 0.3 is 0 Å². The van der Waals surface area contributed by atoms with Crippen molar-refractivity contribution < 1.29 is 14.3 Å². The van der Waals surface area contributed by atoms with Gasteiger partial charge in [0.15, 0.2) is 0 Å². The fraction of sp³-hybridized carbons (Fsp3) is 0.364. The Morgan fingerprint density at radius 3 is 1.78 bits per heavy atom. The lowest BCUT2D eigenvalue weighted by Gasteiger charge is -2.32. The van der Waals surface area contributed by atoms with Gasteiger partial charge in [0.25, 0.3) is 0 Å². The summed E-state index contributed by atoms with van der Waals surface area (Å²) in [4.78, 5) is 14.0. The molecule has 0 spiro atoms. The lowest BCUT2D eigenvalue weighted by molar-refractivity contribution is -0.132. The molecule has 0 saturated carbocycles. The first-order valence-electron chi connectivity index (χ1n) is 13.5.